The Morgan fingerprint density at radius 2 is 1.95 bits per heavy atom. The van der Waals surface area contributed by atoms with E-state index in [1.807, 2.05) is 25.1 Å². The second kappa shape index (κ2) is 8.77. The number of methoxy groups -OCH3 is 1. The summed E-state index contributed by atoms with van der Waals surface area (Å²) in [5, 5.41) is 0. The molecule has 0 aliphatic carbocycles. The zero-order valence-electron chi connectivity index (χ0n) is 12.1. The third-order valence-electron chi connectivity index (χ3n) is 2.94. The van der Waals surface area contributed by atoms with Gasteiger partial charge in [0.25, 0.3) is 0 Å². The van der Waals surface area contributed by atoms with Gasteiger partial charge in [-0.1, -0.05) is 13.0 Å². The minimum Gasteiger partial charge on any atom is -0.493 e. The van der Waals surface area contributed by atoms with Gasteiger partial charge in [0, 0.05) is 12.6 Å². The Hall–Kier alpha value is -1.26. The number of nitrogens with two attached hydrogens (primary N) is 1. The van der Waals surface area contributed by atoms with Gasteiger partial charge >= 0.3 is 0 Å². The molecule has 4 nitrogen and oxygen atoms in total. The smallest absolute Gasteiger partial charge is 0.161 e. The molecular weight excluding hydrogens is 242 g/mol. The molecule has 0 saturated carbocycles. The first-order valence-corrected chi connectivity index (χ1v) is 6.84. The van der Waals surface area contributed by atoms with Crippen molar-refractivity contribution in [1.29, 1.82) is 0 Å². The highest BCUT2D eigenvalue weighted by atomic mass is 16.5. The molecule has 0 aliphatic heterocycles. The maximum absolute atomic E-state index is 5.97. The molecule has 1 unspecified atom stereocenters. The summed E-state index contributed by atoms with van der Waals surface area (Å²) in [6.45, 7) is 5.86. The van der Waals surface area contributed by atoms with Crippen LogP contribution in [0.25, 0.3) is 0 Å². The predicted octanol–water partition coefficient (Wildman–Crippen LogP) is 2.39. The van der Waals surface area contributed by atoms with E-state index < -0.39 is 0 Å². The third-order valence-corrected chi connectivity index (χ3v) is 2.94. The quantitative estimate of drug-likeness (QED) is 0.698. The first-order valence-electron chi connectivity index (χ1n) is 6.84. The predicted molar refractivity (Wildman–Crippen MR) is 77.0 cm³/mol. The van der Waals surface area contributed by atoms with E-state index in [1.54, 1.807) is 7.11 Å². The van der Waals surface area contributed by atoms with Crippen LogP contribution in [0.15, 0.2) is 18.2 Å². The highest BCUT2D eigenvalue weighted by Gasteiger charge is 2.08. The molecule has 2 N–H and O–H groups in total. The molecule has 1 rings (SSSR count). The fourth-order valence-electron chi connectivity index (χ4n) is 1.76. The summed E-state index contributed by atoms with van der Waals surface area (Å²) in [7, 11) is 1.64. The van der Waals surface area contributed by atoms with E-state index in [0.717, 1.165) is 24.3 Å². The van der Waals surface area contributed by atoms with Crippen LogP contribution in [0.1, 0.15) is 25.8 Å². The van der Waals surface area contributed by atoms with Gasteiger partial charge in [-0.05, 0) is 37.5 Å². The van der Waals surface area contributed by atoms with E-state index >= 15 is 0 Å². The van der Waals surface area contributed by atoms with Crippen LogP contribution in [0.5, 0.6) is 11.5 Å². The maximum atomic E-state index is 5.97. The Bertz CT molecular complexity index is 368. The lowest BCUT2D eigenvalue weighted by Gasteiger charge is -2.14. The van der Waals surface area contributed by atoms with Crippen LogP contribution in [-0.4, -0.2) is 33.0 Å². The van der Waals surface area contributed by atoms with Crippen LogP contribution in [0.3, 0.4) is 0 Å². The topological polar surface area (TPSA) is 53.7 Å². The van der Waals surface area contributed by atoms with Crippen molar-refractivity contribution in [1.82, 2.24) is 0 Å². The van der Waals surface area contributed by atoms with Crippen LogP contribution >= 0.6 is 0 Å². The SMILES string of the molecule is CCOCCOc1cc(CC(N)CC)ccc1OC. The second-order valence-electron chi connectivity index (χ2n) is 4.40. The monoisotopic (exact) mass is 267 g/mol. The standard InChI is InChI=1S/C15H25NO3/c1-4-13(16)10-12-6-7-14(17-3)15(11-12)19-9-8-18-5-2/h6-7,11,13H,4-5,8-10,16H2,1-3H3. The van der Waals surface area contributed by atoms with Gasteiger partial charge in [0.2, 0.25) is 0 Å². The lowest BCUT2D eigenvalue weighted by Crippen LogP contribution is -2.21. The molecule has 1 aromatic rings. The molecule has 1 aromatic carbocycles. The van der Waals surface area contributed by atoms with Crippen LogP contribution in [0.4, 0.5) is 0 Å². The molecule has 108 valence electrons. The molecule has 0 bridgehead atoms. The van der Waals surface area contributed by atoms with Gasteiger partial charge in [-0.25, -0.2) is 0 Å². The molecule has 19 heavy (non-hydrogen) atoms. The first kappa shape index (κ1) is 15.8. The van der Waals surface area contributed by atoms with Crippen molar-refractivity contribution in [2.45, 2.75) is 32.7 Å². The fraction of sp³-hybridized carbons (Fsp3) is 0.600. The summed E-state index contributed by atoms with van der Waals surface area (Å²) in [6.07, 6.45) is 1.81. The largest absolute Gasteiger partial charge is 0.493 e. The number of benzene rings is 1. The van der Waals surface area contributed by atoms with Gasteiger partial charge in [-0.15, -0.1) is 0 Å². The molecule has 0 heterocycles. The van der Waals surface area contributed by atoms with Crippen molar-refractivity contribution in [2.24, 2.45) is 5.73 Å². The Kier molecular flexibility index (Phi) is 7.30. The third kappa shape index (κ3) is 5.49. The molecular formula is C15H25NO3. The van der Waals surface area contributed by atoms with Gasteiger partial charge in [0.15, 0.2) is 11.5 Å². The van der Waals surface area contributed by atoms with Crippen molar-refractivity contribution in [3.8, 4) is 11.5 Å². The molecule has 0 saturated heterocycles. The zero-order valence-corrected chi connectivity index (χ0v) is 12.1. The van der Waals surface area contributed by atoms with Gasteiger partial charge < -0.3 is 19.9 Å². The summed E-state index contributed by atoms with van der Waals surface area (Å²) < 4.78 is 16.2. The molecule has 0 aliphatic rings. The lowest BCUT2D eigenvalue weighted by atomic mass is 10.0. The molecule has 1 atom stereocenters. The van der Waals surface area contributed by atoms with Gasteiger partial charge in [-0.2, -0.15) is 0 Å². The highest BCUT2D eigenvalue weighted by Crippen LogP contribution is 2.28. The summed E-state index contributed by atoms with van der Waals surface area (Å²) >= 11 is 0. The zero-order chi connectivity index (χ0) is 14.1. The van der Waals surface area contributed by atoms with Crippen molar-refractivity contribution in [3.63, 3.8) is 0 Å². The Labute approximate surface area is 115 Å². The summed E-state index contributed by atoms with van der Waals surface area (Å²) in [6, 6.07) is 6.14. The van der Waals surface area contributed by atoms with E-state index in [-0.39, 0.29) is 6.04 Å². The molecule has 0 aromatic heterocycles. The minimum atomic E-state index is 0.185. The lowest BCUT2D eigenvalue weighted by molar-refractivity contribution is 0.109. The number of hydrogen-bond acceptors (Lipinski definition) is 4. The molecule has 4 heteroatoms. The van der Waals surface area contributed by atoms with Crippen molar-refractivity contribution >= 4 is 0 Å². The van der Waals surface area contributed by atoms with Gasteiger partial charge in [0.1, 0.15) is 6.61 Å². The Morgan fingerprint density at radius 3 is 2.58 bits per heavy atom. The minimum absolute atomic E-state index is 0.185. The average molecular weight is 267 g/mol. The number of rotatable bonds is 9. The van der Waals surface area contributed by atoms with E-state index in [2.05, 4.69) is 6.92 Å². The van der Waals surface area contributed by atoms with Crippen LogP contribution < -0.4 is 15.2 Å². The van der Waals surface area contributed by atoms with E-state index in [0.29, 0.717) is 19.8 Å². The normalized spacial score (nSPS) is 12.2. The average Bonchev–Trinajstić information content (AvgIpc) is 2.43. The molecule has 0 radical (unpaired) electrons. The van der Waals surface area contributed by atoms with E-state index in [9.17, 15) is 0 Å². The van der Waals surface area contributed by atoms with Gasteiger partial charge in [0.05, 0.1) is 13.7 Å². The number of ether oxygens (including phenoxy) is 3. The molecule has 0 amide bonds. The summed E-state index contributed by atoms with van der Waals surface area (Å²) in [5.74, 6) is 1.49. The number of hydrogen-bond donors (Lipinski definition) is 1. The van der Waals surface area contributed by atoms with Crippen molar-refractivity contribution in [3.05, 3.63) is 23.8 Å². The van der Waals surface area contributed by atoms with E-state index in [1.165, 1.54) is 5.56 Å². The molecule has 0 fully saturated rings. The van der Waals surface area contributed by atoms with Crippen molar-refractivity contribution < 1.29 is 14.2 Å². The summed E-state index contributed by atoms with van der Waals surface area (Å²) in [5.41, 5.74) is 7.14. The van der Waals surface area contributed by atoms with Crippen LogP contribution in [-0.2, 0) is 11.2 Å². The maximum Gasteiger partial charge on any atom is 0.161 e. The van der Waals surface area contributed by atoms with Crippen LogP contribution in [0, 0.1) is 0 Å². The Balaban J connectivity index is 2.66. The Morgan fingerprint density at radius 1 is 1.16 bits per heavy atom. The van der Waals surface area contributed by atoms with Gasteiger partial charge in [-0.3, -0.25) is 0 Å². The first-order chi connectivity index (χ1) is 9.21. The highest BCUT2D eigenvalue weighted by molar-refractivity contribution is 5.43. The second-order valence-corrected chi connectivity index (χ2v) is 4.40. The fourth-order valence-corrected chi connectivity index (χ4v) is 1.76. The molecule has 0 spiro atoms. The van der Waals surface area contributed by atoms with Crippen molar-refractivity contribution in [2.75, 3.05) is 26.9 Å². The van der Waals surface area contributed by atoms with E-state index in [4.69, 9.17) is 19.9 Å². The van der Waals surface area contributed by atoms with Crippen LogP contribution in [0.2, 0.25) is 0 Å². The summed E-state index contributed by atoms with van der Waals surface area (Å²) in [4.78, 5) is 0.